The van der Waals surface area contributed by atoms with Crippen molar-refractivity contribution in [3.63, 3.8) is 0 Å². The highest BCUT2D eigenvalue weighted by Crippen LogP contribution is 2.19. The van der Waals surface area contributed by atoms with Crippen molar-refractivity contribution in [2.24, 2.45) is 0 Å². The number of hydrogen-bond acceptors (Lipinski definition) is 4. The maximum Gasteiger partial charge on any atom is 0.194 e. The van der Waals surface area contributed by atoms with Crippen molar-refractivity contribution in [1.29, 1.82) is 0 Å². The minimum Gasteiger partial charge on any atom is -0.372 e. The third-order valence-corrected chi connectivity index (χ3v) is 3.47. The molecule has 3 aliphatic rings. The maximum atomic E-state index is 12.2. The van der Waals surface area contributed by atoms with Gasteiger partial charge < -0.3 is 4.52 Å². The van der Waals surface area contributed by atoms with Crippen molar-refractivity contribution in [3.8, 4) is 17.1 Å². The predicted molar refractivity (Wildman–Crippen MR) is 76.6 cm³/mol. The lowest BCUT2D eigenvalue weighted by molar-refractivity contribution is 0.300. The van der Waals surface area contributed by atoms with Gasteiger partial charge in [0.05, 0.1) is 22.3 Å². The van der Waals surface area contributed by atoms with E-state index in [0.717, 1.165) is 11.4 Å². The van der Waals surface area contributed by atoms with E-state index in [1.165, 1.54) is 12.4 Å². The molecular formula is C16H11N3O2. The number of nitrogens with zero attached hydrogens (tertiary/aromatic N) is 3. The molecule has 0 saturated heterocycles. The van der Waals surface area contributed by atoms with Crippen LogP contribution in [0.2, 0.25) is 0 Å². The van der Waals surface area contributed by atoms with Crippen LogP contribution >= 0.6 is 0 Å². The second-order valence-electron chi connectivity index (χ2n) is 4.87. The molecule has 0 unspecified atom stereocenters. The average Bonchev–Trinajstić information content (AvgIpc) is 2.96. The third kappa shape index (κ3) is 1.74. The van der Waals surface area contributed by atoms with Gasteiger partial charge in [-0.2, -0.15) is 4.74 Å². The number of fused-ring (bicyclic) bond motifs is 2. The van der Waals surface area contributed by atoms with E-state index in [1.807, 2.05) is 43.3 Å². The first-order valence-corrected chi connectivity index (χ1v) is 6.57. The minimum absolute atomic E-state index is 0.106. The maximum absolute atomic E-state index is 12.2. The first kappa shape index (κ1) is 11.8. The van der Waals surface area contributed by atoms with Crippen LogP contribution in [-0.4, -0.2) is 14.7 Å². The Morgan fingerprint density at radius 2 is 1.90 bits per heavy atom. The fourth-order valence-electron chi connectivity index (χ4n) is 2.48. The van der Waals surface area contributed by atoms with Gasteiger partial charge in [-0.25, -0.2) is 9.97 Å². The normalized spacial score (nSPS) is 11.3. The number of imidazole rings is 1. The van der Waals surface area contributed by atoms with Crippen molar-refractivity contribution >= 4 is 0 Å². The molecule has 0 radical (unpaired) electrons. The van der Waals surface area contributed by atoms with Gasteiger partial charge in [-0.15, -0.1) is 0 Å². The van der Waals surface area contributed by atoms with E-state index in [2.05, 4.69) is 9.97 Å². The lowest BCUT2D eigenvalue weighted by Crippen LogP contribution is -2.09. The van der Waals surface area contributed by atoms with E-state index in [1.54, 1.807) is 4.74 Å². The highest BCUT2D eigenvalue weighted by atomic mass is 16.5. The van der Waals surface area contributed by atoms with Gasteiger partial charge >= 0.3 is 0 Å². The largest absolute Gasteiger partial charge is 0.372 e. The highest BCUT2D eigenvalue weighted by Gasteiger charge is 2.15. The van der Waals surface area contributed by atoms with E-state index >= 15 is 0 Å². The molecular weight excluding hydrogens is 266 g/mol. The van der Waals surface area contributed by atoms with Gasteiger partial charge in [-0.05, 0) is 25.1 Å². The van der Waals surface area contributed by atoms with Crippen LogP contribution in [0.25, 0.3) is 17.1 Å². The third-order valence-electron chi connectivity index (χ3n) is 3.47. The smallest absolute Gasteiger partial charge is 0.194 e. The zero-order chi connectivity index (χ0) is 14.4. The van der Waals surface area contributed by atoms with Crippen LogP contribution in [0.3, 0.4) is 0 Å². The number of aromatic nitrogens is 3. The molecule has 0 amide bonds. The van der Waals surface area contributed by atoms with Crippen LogP contribution in [-0.2, 0) is 0 Å². The molecule has 0 fully saturated rings. The lowest BCUT2D eigenvalue weighted by Gasteiger charge is -2.10. The standard InChI is InChI=1S/C16H11N3O2/c1-10-7-12-14(20)8-13-15(18-9-17-13)16(12)21-19(10)11-5-3-2-4-6-11/h2-9H,1H3. The Labute approximate surface area is 119 Å². The molecule has 102 valence electrons. The molecule has 4 rings (SSSR count). The fourth-order valence-corrected chi connectivity index (χ4v) is 2.48. The molecule has 2 aliphatic heterocycles. The summed E-state index contributed by atoms with van der Waals surface area (Å²) in [5.74, 6) is 0. The number of benzene rings is 1. The van der Waals surface area contributed by atoms with Gasteiger partial charge in [0.2, 0.25) is 0 Å². The summed E-state index contributed by atoms with van der Waals surface area (Å²) >= 11 is 0. The first-order chi connectivity index (χ1) is 10.2. The molecule has 1 aromatic carbocycles. The highest BCUT2D eigenvalue weighted by molar-refractivity contribution is 5.55. The van der Waals surface area contributed by atoms with Gasteiger partial charge in [0.1, 0.15) is 12.0 Å². The lowest BCUT2D eigenvalue weighted by atomic mass is 10.2. The Hall–Kier alpha value is -2.95. The summed E-state index contributed by atoms with van der Waals surface area (Å²) < 4.78 is 7.64. The summed E-state index contributed by atoms with van der Waals surface area (Å²) in [5.41, 5.74) is 3.24. The van der Waals surface area contributed by atoms with Crippen molar-refractivity contribution in [3.05, 3.63) is 75.3 Å². The Morgan fingerprint density at radius 3 is 2.71 bits per heavy atom. The second kappa shape index (κ2) is 4.28. The van der Waals surface area contributed by atoms with E-state index in [9.17, 15) is 4.79 Å². The number of para-hydroxylation sites is 1. The van der Waals surface area contributed by atoms with Crippen LogP contribution in [0.5, 0.6) is 0 Å². The minimum atomic E-state index is -0.106. The van der Waals surface area contributed by atoms with Gasteiger partial charge in [0, 0.05) is 6.07 Å². The quantitative estimate of drug-likeness (QED) is 0.536. The molecule has 0 bridgehead atoms. The summed E-state index contributed by atoms with van der Waals surface area (Å²) in [6, 6.07) is 13.0. The van der Waals surface area contributed by atoms with E-state index < -0.39 is 0 Å². The number of aryl methyl sites for hydroxylation is 1. The molecule has 5 heteroatoms. The van der Waals surface area contributed by atoms with E-state index in [4.69, 9.17) is 4.52 Å². The SMILES string of the molecule is Cc1cc2c(=O)cc3ncnc-3c=2on1-c1ccccc1. The summed E-state index contributed by atoms with van der Waals surface area (Å²) in [6.07, 6.45) is 1.44. The Morgan fingerprint density at radius 1 is 1.10 bits per heavy atom. The fraction of sp³-hybridized carbons (Fsp3) is 0.0625. The zero-order valence-corrected chi connectivity index (χ0v) is 11.3. The van der Waals surface area contributed by atoms with Crippen molar-refractivity contribution < 1.29 is 4.52 Å². The molecule has 5 nitrogen and oxygen atoms in total. The Balaban J connectivity index is 2.16. The zero-order valence-electron chi connectivity index (χ0n) is 11.3. The van der Waals surface area contributed by atoms with Gasteiger partial charge in [0.15, 0.2) is 10.8 Å². The van der Waals surface area contributed by atoms with E-state index in [0.29, 0.717) is 22.0 Å². The van der Waals surface area contributed by atoms with Gasteiger partial charge in [0.25, 0.3) is 0 Å². The average molecular weight is 277 g/mol. The summed E-state index contributed by atoms with van der Waals surface area (Å²) in [5, 5.41) is 0.521. The number of hydrogen-bond donors (Lipinski definition) is 0. The van der Waals surface area contributed by atoms with Crippen LogP contribution in [0.4, 0.5) is 0 Å². The second-order valence-corrected chi connectivity index (χ2v) is 4.87. The van der Waals surface area contributed by atoms with Crippen molar-refractivity contribution in [2.45, 2.75) is 6.92 Å². The molecule has 1 aliphatic carbocycles. The Bertz CT molecular complexity index is 1020. The first-order valence-electron chi connectivity index (χ1n) is 6.57. The molecule has 0 saturated carbocycles. The molecule has 2 heterocycles. The topological polar surface area (TPSA) is 60.9 Å². The summed E-state index contributed by atoms with van der Waals surface area (Å²) in [6.45, 7) is 1.90. The monoisotopic (exact) mass is 277 g/mol. The molecule has 0 N–H and O–H groups in total. The van der Waals surface area contributed by atoms with Gasteiger partial charge in [-0.1, -0.05) is 18.2 Å². The van der Waals surface area contributed by atoms with Gasteiger partial charge in [-0.3, -0.25) is 4.79 Å². The van der Waals surface area contributed by atoms with E-state index in [-0.39, 0.29) is 5.43 Å². The number of rotatable bonds is 1. The molecule has 0 aromatic heterocycles. The molecule has 1 aromatic rings. The van der Waals surface area contributed by atoms with Crippen LogP contribution in [0.15, 0.2) is 58.1 Å². The Kier molecular flexibility index (Phi) is 2.41. The van der Waals surface area contributed by atoms with Crippen LogP contribution in [0, 0.1) is 17.6 Å². The molecule has 21 heavy (non-hydrogen) atoms. The van der Waals surface area contributed by atoms with Crippen LogP contribution < -0.4 is 5.43 Å². The van der Waals surface area contributed by atoms with Crippen molar-refractivity contribution in [2.75, 3.05) is 0 Å². The molecule has 0 atom stereocenters. The predicted octanol–water partition coefficient (Wildman–Crippen LogP) is 2.36. The molecule has 0 spiro atoms. The summed E-state index contributed by atoms with van der Waals surface area (Å²) in [7, 11) is 0. The van der Waals surface area contributed by atoms with Crippen LogP contribution in [0.1, 0.15) is 5.69 Å². The van der Waals surface area contributed by atoms with Crippen molar-refractivity contribution in [1.82, 2.24) is 14.7 Å². The summed E-state index contributed by atoms with van der Waals surface area (Å²) in [4.78, 5) is 20.4.